The van der Waals surface area contributed by atoms with Crippen LogP contribution in [0.3, 0.4) is 0 Å². The van der Waals surface area contributed by atoms with Crippen LogP contribution in [0.4, 0.5) is 5.95 Å². The molecule has 2 fully saturated rings. The molecule has 6 nitrogen and oxygen atoms in total. The van der Waals surface area contributed by atoms with Crippen LogP contribution in [0.5, 0.6) is 5.75 Å². The monoisotopic (exact) mass is 326 g/mol. The quantitative estimate of drug-likeness (QED) is 0.850. The van der Waals surface area contributed by atoms with E-state index in [2.05, 4.69) is 31.9 Å². The fourth-order valence-electron chi connectivity index (χ4n) is 3.57. The van der Waals surface area contributed by atoms with Crippen LogP contribution < -0.4 is 9.64 Å². The van der Waals surface area contributed by atoms with Crippen LogP contribution in [0.15, 0.2) is 42.7 Å². The summed E-state index contributed by atoms with van der Waals surface area (Å²) in [5.41, 5.74) is 1.29. The average Bonchev–Trinajstić information content (AvgIpc) is 3.05. The third-order valence-corrected chi connectivity index (χ3v) is 4.75. The molecule has 0 unspecified atom stereocenters. The van der Waals surface area contributed by atoms with Crippen LogP contribution in [0.25, 0.3) is 0 Å². The van der Waals surface area contributed by atoms with Crippen molar-refractivity contribution in [3.63, 3.8) is 0 Å². The lowest BCUT2D eigenvalue weighted by Crippen LogP contribution is -2.51. The van der Waals surface area contributed by atoms with Gasteiger partial charge in [-0.05, 0) is 23.8 Å². The van der Waals surface area contributed by atoms with Gasteiger partial charge in [0, 0.05) is 38.6 Å². The van der Waals surface area contributed by atoms with Crippen molar-refractivity contribution in [2.24, 2.45) is 0 Å². The van der Waals surface area contributed by atoms with E-state index in [0.29, 0.717) is 6.04 Å². The predicted octanol–water partition coefficient (Wildman–Crippen LogP) is 1.57. The highest BCUT2D eigenvalue weighted by molar-refractivity contribution is 5.34. The van der Waals surface area contributed by atoms with Crippen LogP contribution >= 0.6 is 0 Å². The van der Waals surface area contributed by atoms with Gasteiger partial charge in [0.15, 0.2) is 0 Å². The van der Waals surface area contributed by atoms with Gasteiger partial charge in [-0.1, -0.05) is 12.1 Å². The lowest BCUT2D eigenvalue weighted by molar-refractivity contribution is 0.0300. The molecule has 1 aromatic heterocycles. The first-order valence-corrected chi connectivity index (χ1v) is 8.34. The first kappa shape index (κ1) is 15.4. The second-order valence-corrected chi connectivity index (χ2v) is 6.26. The van der Waals surface area contributed by atoms with Gasteiger partial charge in [0.2, 0.25) is 5.95 Å². The number of anilines is 1. The largest absolute Gasteiger partial charge is 0.497 e. The van der Waals surface area contributed by atoms with E-state index in [1.165, 1.54) is 5.56 Å². The number of hydrogen-bond acceptors (Lipinski definition) is 6. The minimum atomic E-state index is 0.223. The van der Waals surface area contributed by atoms with Gasteiger partial charge in [-0.3, -0.25) is 4.90 Å². The Bertz CT molecular complexity index is 664. The van der Waals surface area contributed by atoms with Crippen molar-refractivity contribution in [1.82, 2.24) is 14.9 Å². The number of methoxy groups -OCH3 is 1. The molecule has 0 radical (unpaired) electrons. The first-order valence-electron chi connectivity index (χ1n) is 8.34. The molecule has 0 spiro atoms. The van der Waals surface area contributed by atoms with Crippen molar-refractivity contribution >= 4 is 5.95 Å². The summed E-state index contributed by atoms with van der Waals surface area (Å²) in [6.07, 6.45) is 3.83. The molecule has 0 saturated carbocycles. The molecule has 4 rings (SSSR count). The molecule has 24 heavy (non-hydrogen) atoms. The van der Waals surface area contributed by atoms with Crippen molar-refractivity contribution < 1.29 is 9.47 Å². The fraction of sp³-hybridized carbons (Fsp3) is 0.444. The van der Waals surface area contributed by atoms with Gasteiger partial charge in [0.05, 0.1) is 25.9 Å². The van der Waals surface area contributed by atoms with E-state index < -0.39 is 0 Å². The van der Waals surface area contributed by atoms with E-state index in [1.54, 1.807) is 19.5 Å². The standard InChI is InChI=1S/C18H22N4O2/c1-23-15-5-3-14(4-6-15)11-21-12-16-17(13-21)24-10-9-22(16)18-19-7-2-8-20-18/h2-8,16-17H,9-13H2,1H3/t16-,17+/m1/s1. The smallest absolute Gasteiger partial charge is 0.225 e. The van der Waals surface area contributed by atoms with Gasteiger partial charge >= 0.3 is 0 Å². The summed E-state index contributed by atoms with van der Waals surface area (Å²) in [5, 5.41) is 0. The third-order valence-electron chi connectivity index (χ3n) is 4.75. The van der Waals surface area contributed by atoms with Gasteiger partial charge in [-0.2, -0.15) is 0 Å². The van der Waals surface area contributed by atoms with E-state index in [1.807, 2.05) is 18.2 Å². The van der Waals surface area contributed by atoms with Gasteiger partial charge in [-0.15, -0.1) is 0 Å². The number of benzene rings is 1. The van der Waals surface area contributed by atoms with Crippen LogP contribution in [0.2, 0.25) is 0 Å². The van der Waals surface area contributed by atoms with E-state index in [4.69, 9.17) is 9.47 Å². The molecule has 3 heterocycles. The number of nitrogens with zero attached hydrogens (tertiary/aromatic N) is 4. The van der Waals surface area contributed by atoms with Crippen LogP contribution in [0, 0.1) is 0 Å². The molecule has 2 saturated heterocycles. The number of ether oxygens (including phenoxy) is 2. The van der Waals surface area contributed by atoms with E-state index in [9.17, 15) is 0 Å². The first-order chi connectivity index (χ1) is 11.8. The molecule has 126 valence electrons. The maximum atomic E-state index is 6.00. The molecule has 0 aliphatic carbocycles. The van der Waals surface area contributed by atoms with E-state index in [0.717, 1.165) is 44.5 Å². The van der Waals surface area contributed by atoms with Crippen molar-refractivity contribution in [2.75, 3.05) is 38.3 Å². The van der Waals surface area contributed by atoms with E-state index >= 15 is 0 Å². The summed E-state index contributed by atoms with van der Waals surface area (Å²) in [6, 6.07) is 10.4. The van der Waals surface area contributed by atoms with Crippen LogP contribution in [-0.2, 0) is 11.3 Å². The average molecular weight is 326 g/mol. The number of aromatic nitrogens is 2. The SMILES string of the molecule is COc1ccc(CN2C[C@@H]3OCCN(c4ncccn4)[C@@H]3C2)cc1. The summed E-state index contributed by atoms with van der Waals surface area (Å²) < 4.78 is 11.2. The molecular weight excluding hydrogens is 304 g/mol. The van der Waals surface area contributed by atoms with Gasteiger partial charge in [0.1, 0.15) is 5.75 Å². The minimum absolute atomic E-state index is 0.223. The maximum absolute atomic E-state index is 6.00. The number of hydrogen-bond donors (Lipinski definition) is 0. The summed E-state index contributed by atoms with van der Waals surface area (Å²) >= 11 is 0. The molecule has 6 heteroatoms. The molecule has 2 aliphatic heterocycles. The Morgan fingerprint density at radius 3 is 2.71 bits per heavy atom. The van der Waals surface area contributed by atoms with Gasteiger partial charge in [-0.25, -0.2) is 9.97 Å². The molecule has 2 aliphatic rings. The topological polar surface area (TPSA) is 50.7 Å². The van der Waals surface area contributed by atoms with E-state index in [-0.39, 0.29) is 6.10 Å². The highest BCUT2D eigenvalue weighted by Crippen LogP contribution is 2.27. The zero-order valence-corrected chi connectivity index (χ0v) is 13.8. The third kappa shape index (κ3) is 3.07. The molecule has 0 bridgehead atoms. The Balaban J connectivity index is 1.45. The number of fused-ring (bicyclic) bond motifs is 1. The highest BCUT2D eigenvalue weighted by Gasteiger charge is 2.40. The van der Waals surface area contributed by atoms with Crippen molar-refractivity contribution in [1.29, 1.82) is 0 Å². The lowest BCUT2D eigenvalue weighted by Gasteiger charge is -2.36. The fourth-order valence-corrected chi connectivity index (χ4v) is 3.57. The van der Waals surface area contributed by atoms with Gasteiger partial charge in [0.25, 0.3) is 0 Å². The Morgan fingerprint density at radius 2 is 1.96 bits per heavy atom. The molecule has 0 amide bonds. The Kier molecular flexibility index (Phi) is 4.32. The summed E-state index contributed by atoms with van der Waals surface area (Å²) in [4.78, 5) is 13.6. The van der Waals surface area contributed by atoms with Crippen molar-refractivity contribution in [3.05, 3.63) is 48.3 Å². The molecule has 2 aromatic rings. The Hall–Kier alpha value is -2.18. The second-order valence-electron chi connectivity index (χ2n) is 6.26. The number of morpholine rings is 1. The highest BCUT2D eigenvalue weighted by atomic mass is 16.5. The summed E-state index contributed by atoms with van der Waals surface area (Å²) in [7, 11) is 1.69. The summed E-state index contributed by atoms with van der Waals surface area (Å²) in [5.74, 6) is 1.70. The lowest BCUT2D eigenvalue weighted by atomic mass is 10.1. The minimum Gasteiger partial charge on any atom is -0.497 e. The number of rotatable bonds is 4. The maximum Gasteiger partial charge on any atom is 0.225 e. The zero-order chi connectivity index (χ0) is 16.4. The molecule has 2 atom stereocenters. The predicted molar refractivity (Wildman–Crippen MR) is 91.2 cm³/mol. The normalized spacial score (nSPS) is 24.0. The Morgan fingerprint density at radius 1 is 1.17 bits per heavy atom. The van der Waals surface area contributed by atoms with Crippen molar-refractivity contribution in [3.8, 4) is 5.75 Å². The molecular formula is C18H22N4O2. The van der Waals surface area contributed by atoms with Crippen LogP contribution in [0.1, 0.15) is 5.56 Å². The van der Waals surface area contributed by atoms with Gasteiger partial charge < -0.3 is 14.4 Å². The van der Waals surface area contributed by atoms with Crippen molar-refractivity contribution in [2.45, 2.75) is 18.7 Å². The molecule has 1 aromatic carbocycles. The zero-order valence-electron chi connectivity index (χ0n) is 13.8. The molecule has 0 N–H and O–H groups in total. The summed E-state index contributed by atoms with van der Waals surface area (Å²) in [6.45, 7) is 4.41. The second kappa shape index (κ2) is 6.75. The van der Waals surface area contributed by atoms with Crippen LogP contribution in [-0.4, -0.2) is 60.4 Å². The number of likely N-dealkylation sites (tertiary alicyclic amines) is 1. The Labute approximate surface area is 142 Å².